The Labute approximate surface area is 254 Å². The first-order valence-corrected chi connectivity index (χ1v) is 15.9. The minimum Gasteiger partial charge on any atom is -0.472 e. The Kier molecular flexibility index (Phi) is 9.26. The predicted molar refractivity (Wildman–Crippen MR) is 161 cm³/mol. The SMILES string of the molecule is CCCC[C@H]1[C@@H]2CC[C@H]3[C@@H]2[C@@H](C(=O)NCC(=O)OCC)N(C(=O)c2ccoc2)[C@]1(c1ccc(C#N)cc1)[C@@H]3N(CC)CC. The molecule has 2 saturated heterocycles. The van der Waals surface area contributed by atoms with Crippen molar-refractivity contribution in [2.45, 2.75) is 77.4 Å². The Morgan fingerprint density at radius 3 is 2.42 bits per heavy atom. The van der Waals surface area contributed by atoms with E-state index in [2.05, 4.69) is 37.1 Å². The van der Waals surface area contributed by atoms with Crippen LogP contribution >= 0.6 is 0 Å². The van der Waals surface area contributed by atoms with Crippen molar-refractivity contribution in [3.05, 3.63) is 59.5 Å². The van der Waals surface area contributed by atoms with Gasteiger partial charge in [0.1, 0.15) is 18.8 Å². The van der Waals surface area contributed by atoms with Crippen molar-refractivity contribution in [3.63, 3.8) is 0 Å². The van der Waals surface area contributed by atoms with Crippen LogP contribution in [0.5, 0.6) is 0 Å². The third-order valence-corrected chi connectivity index (χ3v) is 10.3. The van der Waals surface area contributed by atoms with E-state index in [-0.39, 0.29) is 54.7 Å². The van der Waals surface area contributed by atoms with Crippen LogP contribution in [0.25, 0.3) is 0 Å². The van der Waals surface area contributed by atoms with Crippen LogP contribution < -0.4 is 5.32 Å². The van der Waals surface area contributed by atoms with E-state index in [0.717, 1.165) is 50.8 Å². The largest absolute Gasteiger partial charge is 0.472 e. The number of ether oxygens (including phenoxy) is 1. The lowest BCUT2D eigenvalue weighted by molar-refractivity contribution is -0.197. The number of rotatable bonds is 12. The highest BCUT2D eigenvalue weighted by molar-refractivity contribution is 5.99. The van der Waals surface area contributed by atoms with Crippen LogP contribution in [0.3, 0.4) is 0 Å². The number of amides is 2. The molecule has 7 atom stereocenters. The molecule has 2 amide bonds. The van der Waals surface area contributed by atoms with Crippen molar-refractivity contribution >= 4 is 17.8 Å². The van der Waals surface area contributed by atoms with E-state index in [1.165, 1.54) is 12.5 Å². The maximum absolute atomic E-state index is 14.8. The Morgan fingerprint density at radius 2 is 1.81 bits per heavy atom. The number of nitrogens with one attached hydrogen (secondary N) is 1. The van der Waals surface area contributed by atoms with Crippen LogP contribution in [0.2, 0.25) is 0 Å². The normalized spacial score (nSPS) is 29.0. The fourth-order valence-corrected chi connectivity index (χ4v) is 8.94. The summed E-state index contributed by atoms with van der Waals surface area (Å²) < 4.78 is 10.5. The molecule has 3 heterocycles. The number of furan rings is 1. The molecule has 4 bridgehead atoms. The zero-order valence-corrected chi connectivity index (χ0v) is 25.8. The Morgan fingerprint density at radius 1 is 1.09 bits per heavy atom. The number of nitriles is 1. The lowest BCUT2D eigenvalue weighted by atomic mass is 9.49. The topological polar surface area (TPSA) is 116 Å². The van der Waals surface area contributed by atoms with E-state index in [4.69, 9.17) is 9.15 Å². The molecule has 2 saturated carbocycles. The van der Waals surface area contributed by atoms with Crippen molar-refractivity contribution in [3.8, 4) is 6.07 Å². The molecule has 0 spiro atoms. The second kappa shape index (κ2) is 12.9. The second-order valence-corrected chi connectivity index (χ2v) is 12.1. The summed E-state index contributed by atoms with van der Waals surface area (Å²) in [6.07, 6.45) is 7.87. The highest BCUT2D eigenvalue weighted by Gasteiger charge is 2.74. The summed E-state index contributed by atoms with van der Waals surface area (Å²) in [5, 5.41) is 12.5. The number of carbonyl (C=O) groups excluding carboxylic acids is 3. The molecule has 9 nitrogen and oxygen atoms in total. The smallest absolute Gasteiger partial charge is 0.325 e. The first-order chi connectivity index (χ1) is 20.9. The molecule has 9 heteroatoms. The van der Waals surface area contributed by atoms with Crippen LogP contribution in [0.15, 0.2) is 47.3 Å². The lowest BCUT2D eigenvalue weighted by Gasteiger charge is -2.70. The highest BCUT2D eigenvalue weighted by Crippen LogP contribution is 2.68. The molecular formula is C34H44N4O5. The van der Waals surface area contributed by atoms with Gasteiger partial charge in [0.05, 0.1) is 35.6 Å². The van der Waals surface area contributed by atoms with Gasteiger partial charge in [-0.2, -0.15) is 5.26 Å². The van der Waals surface area contributed by atoms with Crippen molar-refractivity contribution in [2.75, 3.05) is 26.2 Å². The summed E-state index contributed by atoms with van der Waals surface area (Å²) in [5.41, 5.74) is 1.06. The zero-order chi connectivity index (χ0) is 30.7. The van der Waals surface area contributed by atoms with Gasteiger partial charge in [-0.3, -0.25) is 19.3 Å². The van der Waals surface area contributed by atoms with Gasteiger partial charge in [0.15, 0.2) is 0 Å². The number of carbonyl (C=O) groups is 3. The molecule has 1 N–H and O–H groups in total. The van der Waals surface area contributed by atoms with Crippen molar-refractivity contribution in [1.82, 2.24) is 15.1 Å². The number of unbranched alkanes of at least 4 members (excludes halogenated alkanes) is 1. The molecule has 230 valence electrons. The lowest BCUT2D eigenvalue weighted by Crippen LogP contribution is -2.81. The number of nitrogens with zero attached hydrogens (tertiary/aromatic N) is 3. The average Bonchev–Trinajstić information content (AvgIpc) is 3.70. The third-order valence-electron chi connectivity index (χ3n) is 10.3. The van der Waals surface area contributed by atoms with E-state index in [9.17, 15) is 19.6 Å². The van der Waals surface area contributed by atoms with Crippen LogP contribution in [0, 0.1) is 35.0 Å². The van der Waals surface area contributed by atoms with Crippen molar-refractivity contribution < 1.29 is 23.5 Å². The molecule has 4 fully saturated rings. The maximum Gasteiger partial charge on any atom is 0.325 e. The van der Waals surface area contributed by atoms with Gasteiger partial charge in [-0.25, -0.2) is 0 Å². The minimum absolute atomic E-state index is 0.0222. The van der Waals surface area contributed by atoms with E-state index < -0.39 is 17.6 Å². The quantitative estimate of drug-likeness (QED) is 0.357. The molecule has 2 aromatic rings. The molecule has 1 aromatic carbocycles. The van der Waals surface area contributed by atoms with Gasteiger partial charge >= 0.3 is 5.97 Å². The summed E-state index contributed by atoms with van der Waals surface area (Å²) in [5.74, 6) is -0.592. The number of hydrogen-bond donors (Lipinski definition) is 1. The molecular weight excluding hydrogens is 544 g/mol. The van der Waals surface area contributed by atoms with E-state index in [0.29, 0.717) is 11.1 Å². The number of hydrogen-bond acceptors (Lipinski definition) is 7. The van der Waals surface area contributed by atoms with E-state index in [1.54, 1.807) is 13.0 Å². The number of likely N-dealkylation sites (N-methyl/N-ethyl adjacent to an activating group) is 1. The molecule has 1 aromatic heterocycles. The number of esters is 1. The third kappa shape index (κ3) is 5.04. The highest BCUT2D eigenvalue weighted by atomic mass is 16.5. The summed E-state index contributed by atoms with van der Waals surface area (Å²) >= 11 is 0. The van der Waals surface area contributed by atoms with Crippen LogP contribution in [0.4, 0.5) is 0 Å². The van der Waals surface area contributed by atoms with Crippen LogP contribution in [-0.2, 0) is 19.9 Å². The van der Waals surface area contributed by atoms with E-state index in [1.807, 2.05) is 29.2 Å². The first kappa shape index (κ1) is 30.8. The molecule has 4 aliphatic rings. The predicted octanol–water partition coefficient (Wildman–Crippen LogP) is 4.72. The van der Waals surface area contributed by atoms with Gasteiger partial charge in [-0.1, -0.05) is 45.7 Å². The van der Waals surface area contributed by atoms with Crippen LogP contribution in [0.1, 0.15) is 81.3 Å². The Balaban J connectivity index is 1.77. The monoisotopic (exact) mass is 588 g/mol. The number of fused-ring (bicyclic) bond motifs is 1. The van der Waals surface area contributed by atoms with Gasteiger partial charge in [-0.05, 0) is 86.7 Å². The van der Waals surface area contributed by atoms with Gasteiger partial charge in [0, 0.05) is 6.04 Å². The molecule has 2 aliphatic heterocycles. The molecule has 43 heavy (non-hydrogen) atoms. The number of benzene rings is 1. The summed E-state index contributed by atoms with van der Waals surface area (Å²) in [6.45, 7) is 9.84. The average molecular weight is 589 g/mol. The van der Waals surface area contributed by atoms with Gasteiger partial charge in [0.2, 0.25) is 5.91 Å². The Hall–Kier alpha value is -3.64. The maximum atomic E-state index is 14.8. The minimum atomic E-state index is -0.837. The molecule has 6 rings (SSSR count). The fraction of sp³-hybridized carbons (Fsp3) is 0.588. The zero-order valence-electron chi connectivity index (χ0n) is 25.8. The van der Waals surface area contributed by atoms with Crippen LogP contribution in [-0.4, -0.2) is 65.9 Å². The summed E-state index contributed by atoms with van der Waals surface area (Å²) in [6, 6.07) is 10.8. The van der Waals surface area contributed by atoms with Crippen molar-refractivity contribution in [2.24, 2.45) is 23.7 Å². The summed E-state index contributed by atoms with van der Waals surface area (Å²) in [7, 11) is 0. The van der Waals surface area contributed by atoms with E-state index >= 15 is 0 Å². The van der Waals surface area contributed by atoms with Crippen molar-refractivity contribution in [1.29, 1.82) is 5.26 Å². The molecule has 0 unspecified atom stereocenters. The number of piperidine rings is 2. The molecule has 0 radical (unpaired) electrons. The summed E-state index contributed by atoms with van der Waals surface area (Å²) in [4.78, 5) is 45.8. The standard InChI is InChI=1S/C34H44N4O5/c1-5-9-10-27-25-15-16-26-29(25)30(32(40)36-20-28(39)43-8-4)38(33(41)23-17-18-42-21-23)34(27,31(26)37(6-2)7-3)24-13-11-22(19-35)12-14-24/h11-14,17-18,21,25-27,29-31H,5-10,15-16,20H2,1-4H3,(H,36,40)/t25-,26-,27-,29+,30-,31+,34-/m0/s1. The van der Waals surface area contributed by atoms with Gasteiger partial charge in [-0.15, -0.1) is 0 Å². The van der Waals surface area contributed by atoms with Gasteiger partial charge < -0.3 is 19.4 Å². The molecule has 2 aliphatic carbocycles. The van der Waals surface area contributed by atoms with Gasteiger partial charge in [0.25, 0.3) is 5.91 Å². The second-order valence-electron chi connectivity index (χ2n) is 12.1. The Bertz CT molecular complexity index is 1330. The first-order valence-electron chi connectivity index (χ1n) is 15.9. The fourth-order valence-electron chi connectivity index (χ4n) is 8.94.